The van der Waals surface area contributed by atoms with Gasteiger partial charge in [0.25, 0.3) is 15.9 Å². The minimum atomic E-state index is -3.67. The molecular weight excluding hydrogens is 468 g/mol. The van der Waals surface area contributed by atoms with Gasteiger partial charge in [-0.05, 0) is 54.1 Å². The van der Waals surface area contributed by atoms with Gasteiger partial charge in [0.2, 0.25) is 5.91 Å². The zero-order chi connectivity index (χ0) is 25.3. The lowest BCUT2D eigenvalue weighted by Gasteiger charge is -2.10. The number of nitrogens with two attached hydrogens (primary N) is 1. The quantitative estimate of drug-likeness (QED) is 0.102. The van der Waals surface area contributed by atoms with Gasteiger partial charge in [-0.1, -0.05) is 30.3 Å². The molecule has 182 valence electrons. The third kappa shape index (κ3) is 7.74. The van der Waals surface area contributed by atoms with Crippen LogP contribution in [0.15, 0.2) is 83.8 Å². The third-order valence-corrected chi connectivity index (χ3v) is 6.17. The summed E-state index contributed by atoms with van der Waals surface area (Å²) < 4.78 is 24.2. The fraction of sp³-hybridized carbons (Fsp3) is 0.125. The lowest BCUT2D eigenvalue weighted by Crippen LogP contribution is -2.42. The number of nitrogens with one attached hydrogen (secondary N) is 5. The van der Waals surface area contributed by atoms with E-state index in [9.17, 15) is 18.0 Å². The highest BCUT2D eigenvalue weighted by molar-refractivity contribution is 7.89. The number of amides is 2. The predicted molar refractivity (Wildman–Crippen MR) is 133 cm³/mol. The average molecular weight is 495 g/mol. The highest BCUT2D eigenvalue weighted by Crippen LogP contribution is 2.12. The van der Waals surface area contributed by atoms with Crippen molar-refractivity contribution in [3.05, 3.63) is 95.6 Å². The lowest BCUT2D eigenvalue weighted by atomic mass is 10.1. The number of hydrogen-bond donors (Lipinski definition) is 6. The van der Waals surface area contributed by atoms with Crippen LogP contribution in [-0.4, -0.2) is 39.2 Å². The van der Waals surface area contributed by atoms with Gasteiger partial charge in [-0.2, -0.15) is 0 Å². The summed E-state index contributed by atoms with van der Waals surface area (Å²) in [6, 6.07) is 21.2. The molecule has 0 fully saturated rings. The molecular formula is C24H26N6O4S. The van der Waals surface area contributed by atoms with Gasteiger partial charge in [-0.25, -0.2) is 13.8 Å². The molecule has 0 aromatic heterocycles. The van der Waals surface area contributed by atoms with Crippen molar-refractivity contribution in [3.63, 3.8) is 0 Å². The monoisotopic (exact) mass is 494 g/mol. The molecule has 0 atom stereocenters. The van der Waals surface area contributed by atoms with Crippen molar-refractivity contribution in [2.24, 2.45) is 5.73 Å². The van der Waals surface area contributed by atoms with Gasteiger partial charge < -0.3 is 16.4 Å². The summed E-state index contributed by atoms with van der Waals surface area (Å²) in [4.78, 5) is 27.0. The number of benzene rings is 3. The average Bonchev–Trinajstić information content (AvgIpc) is 2.85. The number of sulfonamides is 1. The molecule has 3 aromatic carbocycles. The molecule has 2 amide bonds. The Morgan fingerprint density at radius 3 is 2.09 bits per heavy atom. The Morgan fingerprint density at radius 1 is 0.829 bits per heavy atom. The molecule has 7 N–H and O–H groups in total. The summed E-state index contributed by atoms with van der Waals surface area (Å²) in [6.07, 6.45) is 0.115. The third-order valence-electron chi connectivity index (χ3n) is 4.87. The summed E-state index contributed by atoms with van der Waals surface area (Å²) in [7, 11) is -3.67. The Balaban J connectivity index is 1.40. The molecule has 0 bridgehead atoms. The van der Waals surface area contributed by atoms with Gasteiger partial charge in [0.15, 0.2) is 0 Å². The Hall–Kier alpha value is -4.06. The van der Waals surface area contributed by atoms with Crippen molar-refractivity contribution in [2.45, 2.75) is 11.3 Å². The number of hydrazine groups is 1. The molecule has 0 aliphatic carbocycles. The molecule has 35 heavy (non-hydrogen) atoms. The molecule has 0 spiro atoms. The molecule has 11 heteroatoms. The van der Waals surface area contributed by atoms with E-state index in [1.54, 1.807) is 66.7 Å². The van der Waals surface area contributed by atoms with Crippen molar-refractivity contribution < 1.29 is 18.0 Å². The summed E-state index contributed by atoms with van der Waals surface area (Å²) >= 11 is 0. The smallest absolute Gasteiger partial charge is 0.255 e. The Kier molecular flexibility index (Phi) is 8.68. The van der Waals surface area contributed by atoms with Crippen LogP contribution < -0.4 is 26.6 Å². The van der Waals surface area contributed by atoms with Crippen LogP contribution in [0, 0.1) is 5.41 Å². The minimum Gasteiger partial charge on any atom is -0.384 e. The number of amidine groups is 1. The van der Waals surface area contributed by atoms with Crippen LogP contribution in [0.5, 0.6) is 0 Å². The molecule has 0 saturated heterocycles. The number of rotatable bonds is 11. The maximum Gasteiger partial charge on any atom is 0.255 e. The van der Waals surface area contributed by atoms with E-state index in [-0.39, 0.29) is 42.1 Å². The molecule has 0 aliphatic heterocycles. The van der Waals surface area contributed by atoms with Crippen molar-refractivity contribution in [3.8, 4) is 0 Å². The van der Waals surface area contributed by atoms with Crippen LogP contribution >= 0.6 is 0 Å². The van der Waals surface area contributed by atoms with Gasteiger partial charge in [-0.3, -0.25) is 15.0 Å². The number of hydrogen-bond acceptors (Lipinski definition) is 6. The highest BCUT2D eigenvalue weighted by atomic mass is 32.2. The van der Waals surface area contributed by atoms with E-state index >= 15 is 0 Å². The number of carbonyl (C=O) groups is 2. The molecule has 0 radical (unpaired) electrons. The van der Waals surface area contributed by atoms with Gasteiger partial charge >= 0.3 is 0 Å². The fourth-order valence-corrected chi connectivity index (χ4v) is 3.95. The molecule has 0 aliphatic rings. The maximum atomic E-state index is 12.4. The molecule has 10 nitrogen and oxygen atoms in total. The number of anilines is 1. The van der Waals surface area contributed by atoms with Crippen molar-refractivity contribution >= 4 is 33.4 Å². The summed E-state index contributed by atoms with van der Waals surface area (Å²) in [5, 5.41) is 12.9. The summed E-state index contributed by atoms with van der Waals surface area (Å²) in [6.45, 7) is 0.420. The van der Waals surface area contributed by atoms with Gasteiger partial charge in [0, 0.05) is 29.9 Å². The lowest BCUT2D eigenvalue weighted by molar-refractivity contribution is -0.120. The number of carbonyl (C=O) groups excluding carboxylic acids is 2. The van der Waals surface area contributed by atoms with Crippen LogP contribution in [0.25, 0.3) is 0 Å². The maximum absolute atomic E-state index is 12.4. The highest BCUT2D eigenvalue weighted by Gasteiger charge is 2.12. The van der Waals surface area contributed by atoms with Crippen molar-refractivity contribution in [2.75, 3.05) is 18.4 Å². The van der Waals surface area contributed by atoms with E-state index in [0.29, 0.717) is 16.8 Å². The predicted octanol–water partition coefficient (Wildman–Crippen LogP) is 1.36. The summed E-state index contributed by atoms with van der Waals surface area (Å²) in [5.41, 5.74) is 10.3. The van der Waals surface area contributed by atoms with Gasteiger partial charge in [0.1, 0.15) is 5.84 Å². The topological polar surface area (TPSA) is 166 Å². The second kappa shape index (κ2) is 11.9. The van der Waals surface area contributed by atoms with Crippen LogP contribution in [-0.2, 0) is 21.2 Å². The Labute approximate surface area is 203 Å². The van der Waals surface area contributed by atoms with Crippen LogP contribution in [0.4, 0.5) is 5.69 Å². The molecule has 0 saturated carbocycles. The molecule has 3 rings (SSSR count). The first-order chi connectivity index (χ1) is 16.7. The first kappa shape index (κ1) is 25.6. The second-order valence-electron chi connectivity index (χ2n) is 7.51. The Bertz CT molecular complexity index is 1280. The van der Waals surface area contributed by atoms with E-state index in [2.05, 4.69) is 20.9 Å². The summed E-state index contributed by atoms with van der Waals surface area (Å²) in [5.74, 6) is -0.590. The van der Waals surface area contributed by atoms with Crippen molar-refractivity contribution in [1.82, 2.24) is 15.6 Å². The largest absolute Gasteiger partial charge is 0.384 e. The fourth-order valence-electron chi connectivity index (χ4n) is 3.03. The Morgan fingerprint density at radius 2 is 1.46 bits per heavy atom. The normalized spacial score (nSPS) is 11.0. The van der Waals surface area contributed by atoms with Crippen LogP contribution in [0.3, 0.4) is 0 Å². The van der Waals surface area contributed by atoms with E-state index in [1.165, 1.54) is 12.1 Å². The van der Waals surface area contributed by atoms with E-state index in [0.717, 1.165) is 5.56 Å². The van der Waals surface area contributed by atoms with Crippen LogP contribution in [0.1, 0.15) is 21.5 Å². The standard InChI is InChI=1S/C24H26N6O4S/c25-23(26)18-10-12-20(13-11-18)29-24(32)19-8-6-17(7-9-19)16-22(31)27-14-15-28-30-35(33,34)21-4-2-1-3-5-21/h1-13,28,30H,14-16H2,(H3,25,26)(H,27,31)(H,29,32). The zero-order valence-electron chi connectivity index (χ0n) is 18.7. The zero-order valence-corrected chi connectivity index (χ0v) is 19.6. The molecule has 3 aromatic rings. The van der Waals surface area contributed by atoms with Gasteiger partial charge in [-0.15, -0.1) is 4.83 Å². The van der Waals surface area contributed by atoms with E-state index in [1.807, 2.05) is 0 Å². The first-order valence-corrected chi connectivity index (χ1v) is 12.1. The van der Waals surface area contributed by atoms with E-state index in [4.69, 9.17) is 11.1 Å². The number of nitrogen functional groups attached to an aromatic ring is 1. The molecule has 0 heterocycles. The van der Waals surface area contributed by atoms with Gasteiger partial charge in [0.05, 0.1) is 11.3 Å². The first-order valence-electron chi connectivity index (χ1n) is 10.7. The molecule has 0 unspecified atom stereocenters. The van der Waals surface area contributed by atoms with Crippen molar-refractivity contribution in [1.29, 1.82) is 5.41 Å². The second-order valence-corrected chi connectivity index (χ2v) is 9.20. The van der Waals surface area contributed by atoms with Crippen LogP contribution in [0.2, 0.25) is 0 Å². The minimum absolute atomic E-state index is 0.0496. The SMILES string of the molecule is N=C(N)c1ccc(NC(=O)c2ccc(CC(=O)NCCNNS(=O)(=O)c3ccccc3)cc2)cc1. The van der Waals surface area contributed by atoms with E-state index < -0.39 is 10.0 Å².